The first-order valence-corrected chi connectivity index (χ1v) is 7.79. The number of benzene rings is 1. The average molecular weight is 300 g/mol. The predicted molar refractivity (Wildman–Crippen MR) is 75.9 cm³/mol. The van der Waals surface area contributed by atoms with Crippen LogP contribution in [0.4, 0.5) is 0 Å². The molecule has 1 aromatic rings. The Hall–Kier alpha value is -1.44. The van der Waals surface area contributed by atoms with Crippen LogP contribution in [0.3, 0.4) is 0 Å². The zero-order valence-corrected chi connectivity index (χ0v) is 12.6. The summed E-state index contributed by atoms with van der Waals surface area (Å²) < 4.78 is 26.3. The molecule has 1 unspecified atom stereocenters. The number of rotatable bonds is 6. The molecule has 112 valence electrons. The van der Waals surface area contributed by atoms with Crippen LogP contribution in [0.15, 0.2) is 29.2 Å². The number of nitrogens with one attached hydrogen (secondary N) is 2. The van der Waals surface area contributed by atoms with Crippen molar-refractivity contribution < 1.29 is 18.3 Å². The lowest BCUT2D eigenvalue weighted by Crippen LogP contribution is -2.31. The molecule has 0 aliphatic carbocycles. The minimum Gasteiger partial charge on any atom is -0.392 e. The summed E-state index contributed by atoms with van der Waals surface area (Å²) in [5.41, 5.74) is 0.342. The maximum atomic E-state index is 11.9. The zero-order valence-electron chi connectivity index (χ0n) is 11.8. The van der Waals surface area contributed by atoms with Gasteiger partial charge < -0.3 is 10.4 Å². The molecule has 0 radical (unpaired) electrons. The number of hydrogen-bond donors (Lipinski definition) is 3. The third-order valence-corrected chi connectivity index (χ3v) is 4.05. The summed E-state index contributed by atoms with van der Waals surface area (Å²) in [5.74, 6) is -0.355. The smallest absolute Gasteiger partial charge is 0.251 e. The van der Waals surface area contributed by atoms with E-state index in [4.69, 9.17) is 5.11 Å². The number of amides is 1. The summed E-state index contributed by atoms with van der Waals surface area (Å²) in [6.07, 6.45) is -0.631. The third kappa shape index (κ3) is 4.92. The van der Waals surface area contributed by atoms with Gasteiger partial charge in [0, 0.05) is 18.2 Å². The van der Waals surface area contributed by atoms with Crippen molar-refractivity contribution in [1.29, 1.82) is 0 Å². The van der Waals surface area contributed by atoms with Crippen molar-refractivity contribution in [3.8, 4) is 0 Å². The highest BCUT2D eigenvalue weighted by molar-refractivity contribution is 7.89. The lowest BCUT2D eigenvalue weighted by molar-refractivity contribution is 0.0924. The van der Waals surface area contributed by atoms with E-state index in [0.717, 1.165) is 0 Å². The minimum atomic E-state index is -3.55. The van der Waals surface area contributed by atoms with E-state index in [1.165, 1.54) is 24.3 Å². The second-order valence-electron chi connectivity index (χ2n) is 4.86. The van der Waals surface area contributed by atoms with Crippen LogP contribution >= 0.6 is 0 Å². The molecule has 1 atom stereocenters. The zero-order chi connectivity index (χ0) is 15.3. The molecule has 1 amide bonds. The van der Waals surface area contributed by atoms with Gasteiger partial charge in [-0.05, 0) is 45.0 Å². The molecule has 0 heterocycles. The largest absolute Gasteiger partial charge is 0.392 e. The Morgan fingerprint density at radius 2 is 1.75 bits per heavy atom. The molecule has 7 heteroatoms. The van der Waals surface area contributed by atoms with Crippen LogP contribution in [0.1, 0.15) is 31.1 Å². The second kappa shape index (κ2) is 6.83. The van der Waals surface area contributed by atoms with Crippen molar-refractivity contribution in [2.45, 2.75) is 37.8 Å². The van der Waals surface area contributed by atoms with Crippen LogP contribution < -0.4 is 10.0 Å². The Morgan fingerprint density at radius 3 is 2.20 bits per heavy atom. The normalized spacial score (nSPS) is 13.2. The van der Waals surface area contributed by atoms with E-state index in [1.54, 1.807) is 20.8 Å². The highest BCUT2D eigenvalue weighted by atomic mass is 32.2. The first kappa shape index (κ1) is 16.6. The predicted octanol–water partition coefficient (Wildman–Crippen LogP) is 0.484. The van der Waals surface area contributed by atoms with Crippen molar-refractivity contribution in [3.63, 3.8) is 0 Å². The van der Waals surface area contributed by atoms with Gasteiger partial charge in [0.25, 0.3) is 5.91 Å². The van der Waals surface area contributed by atoms with Crippen molar-refractivity contribution in [3.05, 3.63) is 29.8 Å². The molecule has 0 saturated heterocycles. The molecule has 1 rings (SSSR count). The summed E-state index contributed by atoms with van der Waals surface area (Å²) >= 11 is 0. The molecule has 0 aliphatic heterocycles. The number of hydrogen-bond acceptors (Lipinski definition) is 4. The van der Waals surface area contributed by atoms with Crippen LogP contribution in [-0.4, -0.2) is 38.1 Å². The number of carbonyl (C=O) groups is 1. The Bertz CT molecular complexity index is 550. The minimum absolute atomic E-state index is 0.110. The fourth-order valence-corrected chi connectivity index (χ4v) is 2.76. The van der Waals surface area contributed by atoms with Gasteiger partial charge in [0.05, 0.1) is 11.0 Å². The number of sulfonamides is 1. The molecular formula is C13H20N2O4S. The van der Waals surface area contributed by atoms with E-state index in [1.807, 2.05) is 0 Å². The monoisotopic (exact) mass is 300 g/mol. The molecule has 0 saturated carbocycles. The lowest BCUT2D eigenvalue weighted by Gasteiger charge is -2.10. The molecule has 0 aliphatic rings. The van der Waals surface area contributed by atoms with Crippen LogP contribution in [0.2, 0.25) is 0 Å². The van der Waals surface area contributed by atoms with Gasteiger partial charge in [-0.2, -0.15) is 0 Å². The third-order valence-electron chi connectivity index (χ3n) is 2.38. The molecule has 20 heavy (non-hydrogen) atoms. The van der Waals surface area contributed by atoms with Gasteiger partial charge in [0.1, 0.15) is 0 Å². The summed E-state index contributed by atoms with van der Waals surface area (Å²) in [7, 11) is -3.55. The Kier molecular flexibility index (Phi) is 5.67. The van der Waals surface area contributed by atoms with Crippen LogP contribution in [0.25, 0.3) is 0 Å². The summed E-state index contributed by atoms with van der Waals surface area (Å²) in [6, 6.07) is 5.43. The second-order valence-corrected chi connectivity index (χ2v) is 6.57. The molecule has 0 bridgehead atoms. The van der Waals surface area contributed by atoms with Crippen LogP contribution in [0.5, 0.6) is 0 Å². The Balaban J connectivity index is 2.81. The van der Waals surface area contributed by atoms with Crippen LogP contribution in [-0.2, 0) is 10.0 Å². The highest BCUT2D eigenvalue weighted by Gasteiger charge is 2.16. The van der Waals surface area contributed by atoms with Gasteiger partial charge in [-0.15, -0.1) is 0 Å². The van der Waals surface area contributed by atoms with Crippen molar-refractivity contribution in [1.82, 2.24) is 10.0 Å². The Morgan fingerprint density at radius 1 is 1.20 bits per heavy atom. The first-order chi connectivity index (χ1) is 9.22. The number of aliphatic hydroxyl groups excluding tert-OH is 1. The molecule has 3 N–H and O–H groups in total. The maximum absolute atomic E-state index is 11.9. The van der Waals surface area contributed by atoms with E-state index in [-0.39, 0.29) is 23.4 Å². The van der Waals surface area contributed by atoms with Gasteiger partial charge in [0.2, 0.25) is 10.0 Å². The average Bonchev–Trinajstić information content (AvgIpc) is 2.34. The topological polar surface area (TPSA) is 95.5 Å². The highest BCUT2D eigenvalue weighted by Crippen LogP contribution is 2.11. The maximum Gasteiger partial charge on any atom is 0.251 e. The Labute approximate surface area is 119 Å². The fourth-order valence-electron chi connectivity index (χ4n) is 1.51. The molecule has 0 spiro atoms. The van der Waals surface area contributed by atoms with Gasteiger partial charge in [-0.25, -0.2) is 13.1 Å². The van der Waals surface area contributed by atoms with Gasteiger partial charge in [-0.3, -0.25) is 4.79 Å². The van der Waals surface area contributed by atoms with E-state index in [2.05, 4.69) is 10.0 Å². The molecule has 0 aromatic heterocycles. The summed E-state index contributed by atoms with van der Waals surface area (Å²) in [5, 5.41) is 11.6. The summed E-state index contributed by atoms with van der Waals surface area (Å²) in [6.45, 7) is 5.17. The van der Waals surface area contributed by atoms with Gasteiger partial charge in [0.15, 0.2) is 0 Å². The van der Waals surface area contributed by atoms with Crippen molar-refractivity contribution in [2.24, 2.45) is 0 Å². The standard InChI is InChI=1S/C13H20N2O4S/c1-9(2)15-20(18,19)12-6-4-11(5-7-12)13(17)14-8-10(3)16/h4-7,9-10,15-16H,8H2,1-3H3,(H,14,17). The van der Waals surface area contributed by atoms with E-state index in [9.17, 15) is 13.2 Å². The quantitative estimate of drug-likeness (QED) is 0.712. The van der Waals surface area contributed by atoms with Crippen molar-refractivity contribution in [2.75, 3.05) is 6.54 Å². The molecule has 6 nitrogen and oxygen atoms in total. The lowest BCUT2D eigenvalue weighted by atomic mass is 10.2. The molecular weight excluding hydrogens is 280 g/mol. The van der Waals surface area contributed by atoms with Crippen molar-refractivity contribution >= 4 is 15.9 Å². The van der Waals surface area contributed by atoms with Gasteiger partial charge in [-0.1, -0.05) is 0 Å². The first-order valence-electron chi connectivity index (χ1n) is 6.31. The summed E-state index contributed by atoms with van der Waals surface area (Å²) in [4.78, 5) is 11.8. The van der Waals surface area contributed by atoms with E-state index >= 15 is 0 Å². The molecule has 1 aromatic carbocycles. The number of carbonyl (C=O) groups excluding carboxylic acids is 1. The van der Waals surface area contributed by atoms with E-state index < -0.39 is 16.1 Å². The molecule has 0 fully saturated rings. The fraction of sp³-hybridized carbons (Fsp3) is 0.462. The van der Waals surface area contributed by atoms with Gasteiger partial charge >= 0.3 is 0 Å². The van der Waals surface area contributed by atoms with Crippen LogP contribution in [0, 0.1) is 0 Å². The SMILES string of the molecule is CC(O)CNC(=O)c1ccc(S(=O)(=O)NC(C)C)cc1. The number of aliphatic hydroxyl groups is 1. The van der Waals surface area contributed by atoms with E-state index in [0.29, 0.717) is 5.56 Å².